The van der Waals surface area contributed by atoms with Crippen LogP contribution in [0.25, 0.3) is 0 Å². The lowest BCUT2D eigenvalue weighted by molar-refractivity contribution is -0.123. The lowest BCUT2D eigenvalue weighted by Crippen LogP contribution is -2.24. The molecule has 0 fully saturated rings. The first-order valence-electron chi connectivity index (χ1n) is 9.59. The van der Waals surface area contributed by atoms with Crippen molar-refractivity contribution >= 4 is 23.7 Å². The number of para-hydroxylation sites is 1. The molecule has 3 rings (SSSR count). The van der Waals surface area contributed by atoms with Crippen molar-refractivity contribution in [3.8, 4) is 23.3 Å². The molecule has 3 aromatic rings. The smallest absolute Gasteiger partial charge is 0.277 e. The van der Waals surface area contributed by atoms with Crippen molar-refractivity contribution in [3.63, 3.8) is 0 Å². The number of hydrogen-bond acceptors (Lipinski definition) is 6. The van der Waals surface area contributed by atoms with Gasteiger partial charge in [-0.15, -0.1) is 0 Å². The van der Waals surface area contributed by atoms with E-state index in [1.807, 2.05) is 12.1 Å². The van der Waals surface area contributed by atoms with Gasteiger partial charge in [0, 0.05) is 5.56 Å². The van der Waals surface area contributed by atoms with Gasteiger partial charge in [0.25, 0.3) is 5.91 Å². The first-order chi connectivity index (χ1) is 15.6. The molecule has 32 heavy (non-hydrogen) atoms. The highest BCUT2D eigenvalue weighted by Gasteiger charge is 2.08. The van der Waals surface area contributed by atoms with Gasteiger partial charge in [-0.3, -0.25) is 4.79 Å². The summed E-state index contributed by atoms with van der Waals surface area (Å²) in [7, 11) is 1.53. The minimum Gasteiger partial charge on any atom is -0.493 e. The second-order valence-corrected chi connectivity index (χ2v) is 6.89. The number of nitrogens with zero attached hydrogens (tertiary/aromatic N) is 2. The molecule has 0 saturated carbocycles. The number of halogens is 1. The van der Waals surface area contributed by atoms with Crippen LogP contribution in [0.5, 0.6) is 17.2 Å². The third kappa shape index (κ3) is 6.24. The molecule has 0 aliphatic carbocycles. The summed E-state index contributed by atoms with van der Waals surface area (Å²) in [5.74, 6) is 1.02. The van der Waals surface area contributed by atoms with Crippen LogP contribution >= 0.6 is 11.6 Å². The van der Waals surface area contributed by atoms with Gasteiger partial charge in [0.05, 0.1) is 30.0 Å². The van der Waals surface area contributed by atoms with Gasteiger partial charge in [-0.05, 0) is 42.0 Å². The number of carbonyl (C=O) groups is 1. The summed E-state index contributed by atoms with van der Waals surface area (Å²) in [4.78, 5) is 11.9. The van der Waals surface area contributed by atoms with E-state index in [1.54, 1.807) is 54.6 Å². The van der Waals surface area contributed by atoms with Crippen LogP contribution < -0.4 is 19.6 Å². The van der Waals surface area contributed by atoms with E-state index in [1.165, 1.54) is 13.3 Å². The first-order valence-corrected chi connectivity index (χ1v) is 9.96. The number of nitrogens with one attached hydrogen (secondary N) is 1. The van der Waals surface area contributed by atoms with E-state index in [4.69, 9.17) is 25.8 Å². The van der Waals surface area contributed by atoms with Crippen molar-refractivity contribution in [2.45, 2.75) is 6.61 Å². The fraction of sp³-hybridized carbons (Fsp3) is 0.125. The summed E-state index contributed by atoms with van der Waals surface area (Å²) in [6.45, 7) is 0.0103. The number of carbonyl (C=O) groups excluding carboxylic acids is 1. The number of rotatable bonds is 9. The average molecular weight is 450 g/mol. The van der Waals surface area contributed by atoms with Gasteiger partial charge in [-0.2, -0.15) is 10.4 Å². The Hall–Kier alpha value is -4.02. The Morgan fingerprint density at radius 1 is 1.06 bits per heavy atom. The Morgan fingerprint density at radius 2 is 1.84 bits per heavy atom. The number of amides is 1. The second kappa shape index (κ2) is 11.4. The van der Waals surface area contributed by atoms with Crippen molar-refractivity contribution in [2.24, 2.45) is 5.10 Å². The number of benzene rings is 3. The molecular formula is C24H20ClN3O4. The molecule has 1 N–H and O–H groups in total. The molecule has 0 bridgehead atoms. The van der Waals surface area contributed by atoms with Crippen molar-refractivity contribution < 1.29 is 19.0 Å². The van der Waals surface area contributed by atoms with Crippen LogP contribution in [0, 0.1) is 11.3 Å². The highest BCUT2D eigenvalue weighted by Crippen LogP contribution is 2.28. The molecule has 0 saturated heterocycles. The number of ether oxygens (including phenoxy) is 3. The molecule has 0 unspecified atom stereocenters. The molecule has 8 heteroatoms. The van der Waals surface area contributed by atoms with Gasteiger partial charge >= 0.3 is 0 Å². The van der Waals surface area contributed by atoms with E-state index in [2.05, 4.69) is 16.6 Å². The Bertz CT molecular complexity index is 1160. The van der Waals surface area contributed by atoms with Crippen LogP contribution in [0.3, 0.4) is 0 Å². The van der Waals surface area contributed by atoms with E-state index in [9.17, 15) is 10.1 Å². The first kappa shape index (κ1) is 22.7. The zero-order valence-electron chi connectivity index (χ0n) is 17.2. The summed E-state index contributed by atoms with van der Waals surface area (Å²) in [5.41, 5.74) is 4.43. The molecule has 162 valence electrons. The average Bonchev–Trinajstić information content (AvgIpc) is 2.82. The quantitative estimate of drug-likeness (QED) is 0.387. The Balaban J connectivity index is 1.55. The fourth-order valence-electron chi connectivity index (χ4n) is 2.71. The predicted molar refractivity (Wildman–Crippen MR) is 121 cm³/mol. The second-order valence-electron chi connectivity index (χ2n) is 6.48. The zero-order chi connectivity index (χ0) is 22.8. The third-order valence-electron chi connectivity index (χ3n) is 4.31. The van der Waals surface area contributed by atoms with E-state index in [0.717, 1.165) is 5.56 Å². The minimum absolute atomic E-state index is 0.221. The summed E-state index contributed by atoms with van der Waals surface area (Å²) in [6.07, 6.45) is 1.48. The molecule has 7 nitrogen and oxygen atoms in total. The van der Waals surface area contributed by atoms with Gasteiger partial charge in [0.15, 0.2) is 18.1 Å². The van der Waals surface area contributed by atoms with Crippen molar-refractivity contribution in [1.29, 1.82) is 5.26 Å². The van der Waals surface area contributed by atoms with Crippen LogP contribution in [0.15, 0.2) is 71.8 Å². The SMILES string of the molecule is COc1cc(/C=N\NC(=O)COc2ccccc2Cl)ccc1OCc1ccccc1C#N. The maximum atomic E-state index is 11.9. The Kier molecular flexibility index (Phi) is 8.07. The Labute approximate surface area is 190 Å². The Morgan fingerprint density at radius 3 is 2.62 bits per heavy atom. The maximum absolute atomic E-state index is 11.9. The molecule has 0 radical (unpaired) electrons. The third-order valence-corrected chi connectivity index (χ3v) is 4.62. The minimum atomic E-state index is -0.427. The van der Waals surface area contributed by atoms with Crippen LogP contribution in [-0.4, -0.2) is 25.8 Å². The highest BCUT2D eigenvalue weighted by atomic mass is 35.5. The number of methoxy groups -OCH3 is 1. The van der Waals surface area contributed by atoms with Gasteiger partial charge in [0.2, 0.25) is 0 Å². The van der Waals surface area contributed by atoms with Gasteiger partial charge < -0.3 is 14.2 Å². The summed E-state index contributed by atoms with van der Waals surface area (Å²) in [6, 6.07) is 21.5. The fourth-order valence-corrected chi connectivity index (χ4v) is 2.90. The summed E-state index contributed by atoms with van der Waals surface area (Å²) in [5, 5.41) is 13.5. The summed E-state index contributed by atoms with van der Waals surface area (Å²) < 4.78 is 16.6. The zero-order valence-corrected chi connectivity index (χ0v) is 18.0. The van der Waals surface area contributed by atoms with Crippen LogP contribution in [-0.2, 0) is 11.4 Å². The van der Waals surface area contributed by atoms with E-state index in [-0.39, 0.29) is 13.2 Å². The van der Waals surface area contributed by atoms with Crippen molar-refractivity contribution in [2.75, 3.05) is 13.7 Å². The molecule has 0 atom stereocenters. The van der Waals surface area contributed by atoms with Crippen LogP contribution in [0.2, 0.25) is 5.02 Å². The summed E-state index contributed by atoms with van der Waals surface area (Å²) >= 11 is 5.98. The molecule has 0 aliphatic heterocycles. The van der Waals surface area contributed by atoms with Crippen molar-refractivity contribution in [1.82, 2.24) is 5.43 Å². The van der Waals surface area contributed by atoms with E-state index in [0.29, 0.717) is 33.4 Å². The normalized spacial score (nSPS) is 10.4. The van der Waals surface area contributed by atoms with Crippen LogP contribution in [0.1, 0.15) is 16.7 Å². The van der Waals surface area contributed by atoms with E-state index >= 15 is 0 Å². The maximum Gasteiger partial charge on any atom is 0.277 e. The standard InChI is InChI=1S/C24H20ClN3O4/c1-30-23-12-17(10-11-22(23)31-15-19-7-3-2-6-18(19)13-26)14-27-28-24(29)16-32-21-9-5-4-8-20(21)25/h2-12,14H,15-16H2,1H3,(H,28,29)/b27-14-. The number of nitriles is 1. The lowest BCUT2D eigenvalue weighted by Gasteiger charge is -2.12. The van der Waals surface area contributed by atoms with Crippen LogP contribution in [0.4, 0.5) is 0 Å². The number of hydrogen-bond donors (Lipinski definition) is 1. The van der Waals surface area contributed by atoms with Gasteiger partial charge in [-0.1, -0.05) is 41.9 Å². The van der Waals surface area contributed by atoms with Gasteiger partial charge in [-0.25, -0.2) is 5.43 Å². The monoisotopic (exact) mass is 449 g/mol. The van der Waals surface area contributed by atoms with Gasteiger partial charge in [0.1, 0.15) is 12.4 Å². The molecule has 0 heterocycles. The predicted octanol–water partition coefficient (Wildman–Crippen LogP) is 4.33. The largest absolute Gasteiger partial charge is 0.493 e. The molecule has 3 aromatic carbocycles. The molecule has 0 spiro atoms. The van der Waals surface area contributed by atoms with Crippen molar-refractivity contribution in [3.05, 3.63) is 88.4 Å². The molecule has 1 amide bonds. The molecule has 0 aromatic heterocycles. The molecular weight excluding hydrogens is 430 g/mol. The lowest BCUT2D eigenvalue weighted by atomic mass is 10.1. The molecule has 0 aliphatic rings. The topological polar surface area (TPSA) is 92.9 Å². The number of hydrazone groups is 1. The van der Waals surface area contributed by atoms with E-state index < -0.39 is 5.91 Å². The highest BCUT2D eigenvalue weighted by molar-refractivity contribution is 6.32.